The predicted molar refractivity (Wildman–Crippen MR) is 122 cm³/mol. The highest BCUT2D eigenvalue weighted by atomic mass is 19.1. The number of ether oxygens (including phenoxy) is 1. The molecular weight excluding hydrogens is 423 g/mol. The summed E-state index contributed by atoms with van der Waals surface area (Å²) in [4.78, 5) is 9.35. The minimum Gasteiger partial charge on any atom is -0.480 e. The van der Waals surface area contributed by atoms with Gasteiger partial charge >= 0.3 is 0 Å². The number of benzene rings is 1. The standard InChI is InChI=1S/C23H27FN8O/c1-33-20-11-19(12-25-28-20)30-13-15-3-4-16(14-30)21(15)26-22-27-23-31(9-2-10-32(23)29-22)18-7-5-17(24)6-8-18/h5-8,11-12,15-16,21H,2-4,9-10,13-14H2,1H3,(H,26,29)/t15-,16?,21?/m0/s1. The lowest BCUT2D eigenvalue weighted by Crippen LogP contribution is -2.48. The van der Waals surface area contributed by atoms with Crippen LogP contribution in [-0.4, -0.2) is 57.7 Å². The molecule has 1 aliphatic carbocycles. The molecule has 0 amide bonds. The number of fused-ring (bicyclic) bond motifs is 3. The van der Waals surface area contributed by atoms with E-state index in [9.17, 15) is 4.39 Å². The second-order valence-electron chi connectivity index (χ2n) is 9.07. The zero-order valence-corrected chi connectivity index (χ0v) is 18.6. The second kappa shape index (κ2) is 8.17. The van der Waals surface area contributed by atoms with Crippen molar-refractivity contribution in [2.45, 2.75) is 31.8 Å². The highest BCUT2D eigenvalue weighted by Crippen LogP contribution is 2.40. The summed E-state index contributed by atoms with van der Waals surface area (Å²) in [6.45, 7) is 3.59. The summed E-state index contributed by atoms with van der Waals surface area (Å²) in [6.07, 6.45) is 5.15. The first-order valence-electron chi connectivity index (χ1n) is 11.5. The van der Waals surface area contributed by atoms with Gasteiger partial charge in [-0.05, 0) is 55.4 Å². The van der Waals surface area contributed by atoms with Crippen LogP contribution in [0.25, 0.3) is 0 Å². The number of nitrogens with one attached hydrogen (secondary N) is 1. The Hall–Kier alpha value is -3.43. The van der Waals surface area contributed by atoms with Gasteiger partial charge in [0.1, 0.15) is 5.82 Å². The van der Waals surface area contributed by atoms with Crippen LogP contribution in [0.2, 0.25) is 0 Å². The molecule has 9 nitrogen and oxygen atoms in total. The first-order chi connectivity index (χ1) is 16.2. The third kappa shape index (κ3) is 3.73. The zero-order chi connectivity index (χ0) is 22.4. The molecule has 33 heavy (non-hydrogen) atoms. The van der Waals surface area contributed by atoms with Crippen molar-refractivity contribution < 1.29 is 9.13 Å². The van der Waals surface area contributed by atoms with Gasteiger partial charge in [0.15, 0.2) is 0 Å². The molecular formula is C23H27FN8O. The Morgan fingerprint density at radius 3 is 2.61 bits per heavy atom. The summed E-state index contributed by atoms with van der Waals surface area (Å²) in [7, 11) is 1.61. The number of rotatable bonds is 5. The first kappa shape index (κ1) is 20.2. The van der Waals surface area contributed by atoms with E-state index < -0.39 is 0 Å². The van der Waals surface area contributed by atoms with E-state index in [1.54, 1.807) is 19.2 Å². The van der Waals surface area contributed by atoms with Gasteiger partial charge in [0.05, 0.1) is 19.0 Å². The van der Waals surface area contributed by atoms with Crippen molar-refractivity contribution in [2.24, 2.45) is 11.8 Å². The number of methoxy groups -OCH3 is 1. The average molecular weight is 451 g/mol. The molecule has 3 aliphatic rings. The van der Waals surface area contributed by atoms with Crippen molar-refractivity contribution in [2.75, 3.05) is 41.9 Å². The Bertz CT molecular complexity index is 1120. The van der Waals surface area contributed by atoms with Crippen LogP contribution >= 0.6 is 0 Å². The number of aromatic nitrogens is 5. The van der Waals surface area contributed by atoms with Gasteiger partial charge in [-0.25, -0.2) is 9.07 Å². The minimum atomic E-state index is -0.234. The third-order valence-electron chi connectivity index (χ3n) is 7.11. The molecule has 10 heteroatoms. The van der Waals surface area contributed by atoms with Crippen LogP contribution in [0.15, 0.2) is 36.5 Å². The Morgan fingerprint density at radius 2 is 1.85 bits per heavy atom. The van der Waals surface area contributed by atoms with E-state index in [2.05, 4.69) is 25.3 Å². The molecule has 3 atom stereocenters. The first-order valence-corrected chi connectivity index (χ1v) is 11.5. The van der Waals surface area contributed by atoms with Crippen LogP contribution in [0.1, 0.15) is 19.3 Å². The van der Waals surface area contributed by atoms with Crippen molar-refractivity contribution in [1.82, 2.24) is 25.0 Å². The molecule has 1 saturated heterocycles. The molecule has 1 N–H and O–H groups in total. The molecule has 3 aromatic rings. The maximum atomic E-state index is 13.4. The highest BCUT2D eigenvalue weighted by molar-refractivity contribution is 5.59. The molecule has 2 unspecified atom stereocenters. The molecule has 2 aliphatic heterocycles. The van der Waals surface area contributed by atoms with Crippen molar-refractivity contribution in [1.29, 1.82) is 0 Å². The Morgan fingerprint density at radius 1 is 1.06 bits per heavy atom. The quantitative estimate of drug-likeness (QED) is 0.635. The minimum absolute atomic E-state index is 0.234. The predicted octanol–water partition coefficient (Wildman–Crippen LogP) is 3.08. The number of piperidine rings is 1. The molecule has 0 spiro atoms. The normalized spacial score (nSPS) is 24.0. The molecule has 172 valence electrons. The number of anilines is 4. The lowest BCUT2D eigenvalue weighted by molar-refractivity contribution is 0.372. The number of hydrogen-bond donors (Lipinski definition) is 1. The van der Waals surface area contributed by atoms with Crippen LogP contribution in [0.5, 0.6) is 5.88 Å². The molecule has 6 rings (SSSR count). The molecule has 0 radical (unpaired) electrons. The zero-order valence-electron chi connectivity index (χ0n) is 18.6. The number of aryl methyl sites for hydroxylation is 1. The lowest BCUT2D eigenvalue weighted by atomic mass is 9.92. The topological polar surface area (TPSA) is 84.2 Å². The Kier molecular flexibility index (Phi) is 5.00. The van der Waals surface area contributed by atoms with E-state index in [1.807, 2.05) is 16.9 Å². The fourth-order valence-corrected chi connectivity index (χ4v) is 5.52. The van der Waals surface area contributed by atoms with Gasteiger partial charge in [-0.3, -0.25) is 0 Å². The van der Waals surface area contributed by atoms with Crippen LogP contribution < -0.4 is 19.9 Å². The van der Waals surface area contributed by atoms with Gasteiger partial charge in [0.25, 0.3) is 0 Å². The second-order valence-corrected chi connectivity index (χ2v) is 9.07. The molecule has 2 bridgehead atoms. The summed E-state index contributed by atoms with van der Waals surface area (Å²) < 4.78 is 20.6. The fraction of sp³-hybridized carbons (Fsp3) is 0.478. The fourth-order valence-electron chi connectivity index (χ4n) is 5.52. The van der Waals surface area contributed by atoms with E-state index in [-0.39, 0.29) is 5.82 Å². The lowest BCUT2D eigenvalue weighted by Gasteiger charge is -2.39. The van der Waals surface area contributed by atoms with Crippen molar-refractivity contribution >= 4 is 23.3 Å². The highest BCUT2D eigenvalue weighted by Gasteiger charge is 2.43. The van der Waals surface area contributed by atoms with Gasteiger partial charge in [-0.15, -0.1) is 10.2 Å². The SMILES string of the molecule is COc1cc(N2CC3CC[C@@H](C2)C3Nc2nc3n(n2)CCCN3c2ccc(F)cc2)cnn1. The number of nitrogens with zero attached hydrogens (tertiary/aromatic N) is 7. The van der Waals surface area contributed by atoms with E-state index in [4.69, 9.17) is 14.8 Å². The van der Waals surface area contributed by atoms with Crippen LogP contribution in [-0.2, 0) is 6.54 Å². The maximum absolute atomic E-state index is 13.4. The molecule has 2 fully saturated rings. The van der Waals surface area contributed by atoms with Crippen molar-refractivity contribution in [3.63, 3.8) is 0 Å². The molecule has 2 aromatic heterocycles. The van der Waals surface area contributed by atoms with Crippen molar-refractivity contribution in [3.05, 3.63) is 42.3 Å². The van der Waals surface area contributed by atoms with Crippen LogP contribution in [0.4, 0.5) is 27.7 Å². The van der Waals surface area contributed by atoms with Gasteiger partial charge in [0, 0.05) is 44.0 Å². The van der Waals surface area contributed by atoms with Crippen LogP contribution in [0, 0.1) is 17.7 Å². The number of hydrogen-bond acceptors (Lipinski definition) is 8. The van der Waals surface area contributed by atoms with E-state index >= 15 is 0 Å². The molecule has 4 heterocycles. The number of halogens is 1. The summed E-state index contributed by atoms with van der Waals surface area (Å²) in [5, 5.41) is 16.5. The monoisotopic (exact) mass is 450 g/mol. The van der Waals surface area contributed by atoms with E-state index in [0.717, 1.165) is 49.9 Å². The largest absolute Gasteiger partial charge is 0.480 e. The van der Waals surface area contributed by atoms with Gasteiger partial charge in [-0.2, -0.15) is 10.1 Å². The van der Waals surface area contributed by atoms with Gasteiger partial charge in [-0.1, -0.05) is 0 Å². The van der Waals surface area contributed by atoms with Crippen LogP contribution in [0.3, 0.4) is 0 Å². The summed E-state index contributed by atoms with van der Waals surface area (Å²) in [6, 6.07) is 8.88. The summed E-state index contributed by atoms with van der Waals surface area (Å²) in [5.41, 5.74) is 1.99. The van der Waals surface area contributed by atoms with E-state index in [1.165, 1.54) is 25.0 Å². The molecule has 1 aromatic carbocycles. The average Bonchev–Trinajstić information content (AvgIpc) is 3.35. The van der Waals surface area contributed by atoms with E-state index in [0.29, 0.717) is 29.7 Å². The van der Waals surface area contributed by atoms with Crippen molar-refractivity contribution in [3.8, 4) is 5.88 Å². The maximum Gasteiger partial charge on any atom is 0.244 e. The third-order valence-corrected chi connectivity index (χ3v) is 7.11. The Balaban J connectivity index is 1.19. The molecule has 1 saturated carbocycles. The van der Waals surface area contributed by atoms with Gasteiger partial charge < -0.3 is 19.9 Å². The Labute approximate surface area is 191 Å². The summed E-state index contributed by atoms with van der Waals surface area (Å²) in [5.74, 6) is 2.82. The van der Waals surface area contributed by atoms with Gasteiger partial charge in [0.2, 0.25) is 17.8 Å². The summed E-state index contributed by atoms with van der Waals surface area (Å²) >= 11 is 0. The smallest absolute Gasteiger partial charge is 0.244 e.